The Morgan fingerprint density at radius 2 is 1.20 bits per heavy atom. The summed E-state index contributed by atoms with van der Waals surface area (Å²) in [6, 6.07) is 8.11. The van der Waals surface area contributed by atoms with Gasteiger partial charge in [-0.05, 0) is 100 Å². The van der Waals surface area contributed by atoms with E-state index < -0.39 is 18.0 Å². The molecule has 0 radical (unpaired) electrons. The molecule has 4 heterocycles. The lowest BCUT2D eigenvalue weighted by Gasteiger charge is -2.34. The van der Waals surface area contributed by atoms with Gasteiger partial charge < -0.3 is 40.1 Å². The van der Waals surface area contributed by atoms with Crippen molar-refractivity contribution in [2.45, 2.75) is 158 Å². The number of carboxylic acids is 2. The van der Waals surface area contributed by atoms with Crippen LogP contribution in [0.3, 0.4) is 0 Å². The third kappa shape index (κ3) is 14.8. The molecule has 2 aliphatic heterocycles. The van der Waals surface area contributed by atoms with Crippen LogP contribution in [0.4, 0.5) is 11.6 Å². The fourth-order valence-corrected chi connectivity index (χ4v) is 9.81. The molecule has 16 heteroatoms. The molecule has 332 valence electrons. The molecule has 2 saturated carbocycles. The molecule has 4 fully saturated rings. The molecule has 3 atom stereocenters. The maximum absolute atomic E-state index is 13.0. The lowest BCUT2D eigenvalue weighted by Crippen LogP contribution is -2.42. The first kappa shape index (κ1) is 47.4. The zero-order valence-corrected chi connectivity index (χ0v) is 37.3. The molecule has 2 saturated heterocycles. The number of carbonyl (C=O) groups is 4. The van der Waals surface area contributed by atoms with Gasteiger partial charge in [0, 0.05) is 38.3 Å². The van der Waals surface area contributed by atoms with E-state index in [1.54, 1.807) is 30.4 Å². The van der Waals surface area contributed by atoms with Crippen LogP contribution in [-0.2, 0) is 19.1 Å². The number of hydrogen-bond acceptors (Lipinski definition) is 12. The van der Waals surface area contributed by atoms with Crippen LogP contribution in [0.5, 0.6) is 0 Å². The molecule has 0 bridgehead atoms. The molecule has 2 aromatic heterocycles. The summed E-state index contributed by atoms with van der Waals surface area (Å²) in [5.41, 5.74) is 1.30. The number of carbonyl (C=O) groups excluding carboxylic acids is 2. The Morgan fingerprint density at radius 1 is 0.700 bits per heavy atom. The van der Waals surface area contributed by atoms with Gasteiger partial charge >= 0.3 is 11.9 Å². The van der Waals surface area contributed by atoms with Crippen LogP contribution in [0.2, 0.25) is 0 Å². The highest BCUT2D eigenvalue weighted by molar-refractivity contribution is 7.99. The molecule has 2 aliphatic carbocycles. The van der Waals surface area contributed by atoms with Crippen molar-refractivity contribution in [1.82, 2.24) is 20.6 Å². The van der Waals surface area contributed by atoms with E-state index in [-0.39, 0.29) is 42.7 Å². The third-order valence-electron chi connectivity index (χ3n) is 11.3. The number of nitrogens with zero attached hydrogens (tertiary/aromatic N) is 4. The lowest BCUT2D eigenvalue weighted by molar-refractivity contribution is -0.153. The molecule has 0 spiro atoms. The van der Waals surface area contributed by atoms with Gasteiger partial charge in [-0.15, -0.1) is 23.5 Å². The zero-order valence-electron chi connectivity index (χ0n) is 35.7. The summed E-state index contributed by atoms with van der Waals surface area (Å²) in [7, 11) is 0. The molecular weight excluding hydrogens is 805 g/mol. The summed E-state index contributed by atoms with van der Waals surface area (Å²) in [6.45, 7) is 8.37. The average molecular weight is 871 g/mol. The van der Waals surface area contributed by atoms with Gasteiger partial charge in [-0.1, -0.05) is 52.4 Å². The SMILES string of the molecule is CCCSc1nc(N2CCC(OCC(=O)O)C2)ccc1C(=O)NC1CCCCC1.CCCSc1nc(N2CCCC(OC(C)C(=O)O)C2)ccc1C(=O)NC1CCCCC1. The number of piperidine rings is 1. The van der Waals surface area contributed by atoms with Crippen molar-refractivity contribution < 1.29 is 38.9 Å². The molecule has 2 amide bonds. The van der Waals surface area contributed by atoms with Crippen molar-refractivity contribution in [3.63, 3.8) is 0 Å². The Labute approximate surface area is 364 Å². The van der Waals surface area contributed by atoms with Gasteiger partial charge in [-0.2, -0.15) is 0 Å². The highest BCUT2D eigenvalue weighted by Gasteiger charge is 2.29. The minimum absolute atomic E-state index is 0.0281. The van der Waals surface area contributed by atoms with Gasteiger partial charge in [0.05, 0.1) is 23.3 Å². The number of pyridine rings is 2. The molecule has 4 aliphatic rings. The summed E-state index contributed by atoms with van der Waals surface area (Å²) in [5.74, 6) is 1.50. The summed E-state index contributed by atoms with van der Waals surface area (Å²) in [6.07, 6.45) is 14.9. The van der Waals surface area contributed by atoms with Crippen molar-refractivity contribution >= 4 is 58.9 Å². The molecular formula is C44H66N6O8S2. The van der Waals surface area contributed by atoms with Gasteiger partial charge in [0.25, 0.3) is 11.8 Å². The van der Waals surface area contributed by atoms with E-state index in [2.05, 4.69) is 34.3 Å². The van der Waals surface area contributed by atoms with Crippen molar-refractivity contribution in [3.05, 3.63) is 35.4 Å². The molecule has 6 rings (SSSR count). The quantitative estimate of drug-likeness (QED) is 0.109. The number of carboxylic acid groups (broad SMARTS) is 2. The second-order valence-electron chi connectivity index (χ2n) is 16.2. The largest absolute Gasteiger partial charge is 0.480 e. The monoisotopic (exact) mass is 870 g/mol. The van der Waals surface area contributed by atoms with Crippen molar-refractivity contribution in [1.29, 1.82) is 0 Å². The topological polar surface area (TPSA) is 184 Å². The first-order chi connectivity index (χ1) is 29.0. The van der Waals surface area contributed by atoms with Crippen LogP contribution in [0.15, 0.2) is 34.3 Å². The molecule has 2 aromatic rings. The number of aliphatic carboxylic acids is 2. The van der Waals surface area contributed by atoms with Crippen molar-refractivity contribution in [3.8, 4) is 0 Å². The highest BCUT2D eigenvalue weighted by atomic mass is 32.2. The maximum atomic E-state index is 13.0. The predicted molar refractivity (Wildman–Crippen MR) is 237 cm³/mol. The number of rotatable bonds is 18. The van der Waals surface area contributed by atoms with Gasteiger partial charge in [-0.25, -0.2) is 19.6 Å². The predicted octanol–water partition coefficient (Wildman–Crippen LogP) is 7.43. The summed E-state index contributed by atoms with van der Waals surface area (Å²) in [4.78, 5) is 61.6. The van der Waals surface area contributed by atoms with Crippen molar-refractivity contribution in [2.75, 3.05) is 54.1 Å². The molecule has 4 N–H and O–H groups in total. The summed E-state index contributed by atoms with van der Waals surface area (Å²) in [5, 5.41) is 25.9. The van der Waals surface area contributed by atoms with Gasteiger partial charge in [0.15, 0.2) is 6.10 Å². The fraction of sp³-hybridized carbons (Fsp3) is 0.682. The minimum atomic E-state index is -0.951. The Morgan fingerprint density at radius 3 is 1.68 bits per heavy atom. The van der Waals surface area contributed by atoms with Gasteiger partial charge in [0.1, 0.15) is 28.3 Å². The van der Waals surface area contributed by atoms with E-state index in [4.69, 9.17) is 29.7 Å². The summed E-state index contributed by atoms with van der Waals surface area (Å²) >= 11 is 3.24. The van der Waals surface area contributed by atoms with E-state index in [9.17, 15) is 19.2 Å². The Kier molecular flexibility index (Phi) is 19.6. The Balaban J connectivity index is 0.000000228. The number of ether oxygens (including phenoxy) is 2. The number of amides is 2. The molecule has 60 heavy (non-hydrogen) atoms. The fourth-order valence-electron chi connectivity index (χ4n) is 8.06. The van der Waals surface area contributed by atoms with Crippen LogP contribution in [-0.4, -0.2) is 119 Å². The maximum Gasteiger partial charge on any atom is 0.332 e. The summed E-state index contributed by atoms with van der Waals surface area (Å²) < 4.78 is 11.1. The zero-order chi connectivity index (χ0) is 42.9. The number of anilines is 2. The van der Waals surface area contributed by atoms with E-state index >= 15 is 0 Å². The number of thioether (sulfide) groups is 2. The van der Waals surface area contributed by atoms with Crippen LogP contribution in [0, 0.1) is 0 Å². The second-order valence-corrected chi connectivity index (χ2v) is 18.4. The van der Waals surface area contributed by atoms with E-state index in [0.29, 0.717) is 24.2 Å². The van der Waals surface area contributed by atoms with Crippen LogP contribution in [0.25, 0.3) is 0 Å². The smallest absolute Gasteiger partial charge is 0.332 e. The lowest BCUT2D eigenvalue weighted by atomic mass is 9.95. The normalized spacial score (nSPS) is 20.5. The second kappa shape index (κ2) is 24.7. The first-order valence-corrected chi connectivity index (χ1v) is 24.1. The van der Waals surface area contributed by atoms with Crippen LogP contribution >= 0.6 is 23.5 Å². The van der Waals surface area contributed by atoms with E-state index in [1.807, 2.05) is 24.3 Å². The van der Waals surface area contributed by atoms with Crippen LogP contribution in [0.1, 0.15) is 138 Å². The minimum Gasteiger partial charge on any atom is -0.480 e. The van der Waals surface area contributed by atoms with E-state index in [0.717, 1.165) is 104 Å². The van der Waals surface area contributed by atoms with Gasteiger partial charge in [-0.3, -0.25) is 9.59 Å². The van der Waals surface area contributed by atoms with E-state index in [1.165, 1.54) is 38.5 Å². The highest BCUT2D eigenvalue weighted by Crippen LogP contribution is 2.30. The average Bonchev–Trinajstić information content (AvgIpc) is 3.74. The number of nitrogens with one attached hydrogen (secondary N) is 2. The first-order valence-electron chi connectivity index (χ1n) is 22.2. The molecule has 14 nitrogen and oxygen atoms in total. The molecule has 0 aromatic carbocycles. The van der Waals surface area contributed by atoms with Crippen molar-refractivity contribution in [2.24, 2.45) is 0 Å². The standard InChI is InChI=1S/C23H35N3O4S.C21H31N3O4S/c1-3-14-31-22-19(21(27)24-17-8-5-4-6-9-17)11-12-20(25-22)26-13-7-10-18(15-26)30-16(2)23(28)29;1-2-12-29-21-17(20(27)22-15-6-4-3-5-7-15)8-9-18(23-21)24-11-10-16(13-24)28-14-19(25)26/h11-12,16-18H,3-10,13-15H2,1-2H3,(H,24,27)(H,28,29);8-9,15-16H,2-7,10-14H2,1H3,(H,22,27)(H,25,26). The Hall–Kier alpha value is -3.60. The van der Waals surface area contributed by atoms with Gasteiger partial charge in [0.2, 0.25) is 0 Å². The Bertz CT molecular complexity index is 1710. The number of aromatic nitrogens is 2. The molecule has 3 unspecified atom stereocenters. The van der Waals surface area contributed by atoms with Crippen LogP contribution < -0.4 is 20.4 Å². The third-order valence-corrected chi connectivity index (χ3v) is 13.7. The number of hydrogen-bond donors (Lipinski definition) is 4.